The van der Waals surface area contributed by atoms with Crippen LogP contribution in [0.1, 0.15) is 17.4 Å². The minimum absolute atomic E-state index is 0.349. The molecule has 0 bridgehead atoms. The zero-order valence-electron chi connectivity index (χ0n) is 8.09. The summed E-state index contributed by atoms with van der Waals surface area (Å²) in [5.74, 6) is 0. The first kappa shape index (κ1) is 9.84. The fourth-order valence-corrected chi connectivity index (χ4v) is 2.13. The average molecular weight is 238 g/mol. The number of halogens is 1. The van der Waals surface area contributed by atoms with E-state index < -0.39 is 12.2 Å². The Morgan fingerprint density at radius 1 is 1.38 bits per heavy atom. The highest BCUT2D eigenvalue weighted by molar-refractivity contribution is 6.36. The Morgan fingerprint density at radius 3 is 3.00 bits per heavy atom. The summed E-state index contributed by atoms with van der Waals surface area (Å²) in [6.45, 7) is 0. The highest BCUT2D eigenvalue weighted by atomic mass is 35.5. The Hall–Kier alpha value is -1.36. The van der Waals surface area contributed by atoms with Crippen molar-refractivity contribution >= 4 is 28.8 Å². The summed E-state index contributed by atoms with van der Waals surface area (Å²) in [5, 5.41) is 20.5. The molecule has 2 N–H and O–H groups in total. The molecule has 1 aliphatic carbocycles. The van der Waals surface area contributed by atoms with Crippen molar-refractivity contribution in [3.05, 3.63) is 34.7 Å². The van der Waals surface area contributed by atoms with Crippen molar-refractivity contribution in [2.75, 3.05) is 0 Å². The van der Waals surface area contributed by atoms with Crippen LogP contribution < -0.4 is 0 Å². The number of aliphatic hydroxyl groups excluding tert-OH is 2. The van der Waals surface area contributed by atoms with Gasteiger partial charge in [-0.25, -0.2) is 4.98 Å². The van der Waals surface area contributed by atoms with Crippen molar-refractivity contribution < 1.29 is 14.6 Å². The lowest BCUT2D eigenvalue weighted by molar-refractivity contribution is 0.0441. The lowest BCUT2D eigenvalue weighted by Crippen LogP contribution is -2.20. The number of aliphatic hydroxyl groups is 2. The molecule has 0 amide bonds. The quantitative estimate of drug-likeness (QED) is 0.735. The van der Waals surface area contributed by atoms with Gasteiger partial charge in [-0.2, -0.15) is 0 Å². The van der Waals surface area contributed by atoms with E-state index in [0.717, 1.165) is 0 Å². The normalized spacial score (nSPS) is 23.7. The zero-order chi connectivity index (χ0) is 11.3. The summed E-state index contributed by atoms with van der Waals surface area (Å²) in [6.07, 6.45) is 2.62. The van der Waals surface area contributed by atoms with Crippen LogP contribution in [0.2, 0.25) is 5.02 Å². The van der Waals surface area contributed by atoms with E-state index in [1.165, 1.54) is 12.3 Å². The molecule has 0 unspecified atom stereocenters. The van der Waals surface area contributed by atoms with Crippen LogP contribution in [-0.4, -0.2) is 21.3 Å². The third-order valence-electron chi connectivity index (χ3n) is 2.68. The fourth-order valence-electron chi connectivity index (χ4n) is 1.83. The minimum Gasteiger partial charge on any atom is -0.446 e. The van der Waals surface area contributed by atoms with E-state index in [9.17, 15) is 10.2 Å². The molecule has 3 rings (SSSR count). The van der Waals surface area contributed by atoms with Crippen molar-refractivity contribution in [3.8, 4) is 0 Å². The van der Waals surface area contributed by atoms with Gasteiger partial charge in [0.05, 0.1) is 22.4 Å². The molecule has 0 aliphatic heterocycles. The monoisotopic (exact) mass is 237 g/mol. The van der Waals surface area contributed by atoms with Crippen LogP contribution in [-0.2, 0) is 0 Å². The Morgan fingerprint density at radius 2 is 2.19 bits per heavy atom. The first-order valence-corrected chi connectivity index (χ1v) is 5.17. The summed E-state index contributed by atoms with van der Waals surface area (Å²) < 4.78 is 5.14. The summed E-state index contributed by atoms with van der Waals surface area (Å²) in [7, 11) is 0. The number of furan rings is 1. The van der Waals surface area contributed by atoms with E-state index >= 15 is 0 Å². The summed E-state index contributed by atoms with van der Waals surface area (Å²) in [6, 6.07) is 1.72. The average Bonchev–Trinajstić information content (AvgIpc) is 2.73. The Kier molecular flexibility index (Phi) is 2.04. The molecule has 4 nitrogen and oxygen atoms in total. The van der Waals surface area contributed by atoms with Gasteiger partial charge in [0.2, 0.25) is 5.71 Å². The molecule has 1 aliphatic rings. The van der Waals surface area contributed by atoms with E-state index in [4.69, 9.17) is 16.0 Å². The topological polar surface area (TPSA) is 66.5 Å². The van der Waals surface area contributed by atoms with E-state index in [1.54, 1.807) is 12.1 Å². The molecule has 2 atom stereocenters. The van der Waals surface area contributed by atoms with E-state index in [1.807, 2.05) is 0 Å². The van der Waals surface area contributed by atoms with Crippen LogP contribution in [0.5, 0.6) is 0 Å². The largest absolute Gasteiger partial charge is 0.446 e. The highest BCUT2D eigenvalue weighted by Crippen LogP contribution is 2.36. The SMILES string of the molecule is O[C@@H]1c2nc3occc3c(Cl)c2C=C[C@@H]1O. The van der Waals surface area contributed by atoms with Crippen molar-refractivity contribution in [1.29, 1.82) is 0 Å². The van der Waals surface area contributed by atoms with Gasteiger partial charge >= 0.3 is 0 Å². The maximum absolute atomic E-state index is 9.79. The smallest absolute Gasteiger partial charge is 0.227 e. The second-order valence-electron chi connectivity index (χ2n) is 3.66. The van der Waals surface area contributed by atoms with Gasteiger partial charge in [-0.05, 0) is 6.07 Å². The van der Waals surface area contributed by atoms with Gasteiger partial charge in [0.15, 0.2) is 0 Å². The second kappa shape index (κ2) is 3.31. The van der Waals surface area contributed by atoms with Gasteiger partial charge in [-0.3, -0.25) is 0 Å². The molecule has 2 heterocycles. The van der Waals surface area contributed by atoms with E-state index in [0.29, 0.717) is 27.4 Å². The van der Waals surface area contributed by atoms with Crippen molar-refractivity contribution in [2.24, 2.45) is 0 Å². The van der Waals surface area contributed by atoms with Crippen LogP contribution in [0.3, 0.4) is 0 Å². The van der Waals surface area contributed by atoms with Crippen molar-refractivity contribution in [3.63, 3.8) is 0 Å². The van der Waals surface area contributed by atoms with Crippen LogP contribution >= 0.6 is 11.6 Å². The van der Waals surface area contributed by atoms with Crippen molar-refractivity contribution in [2.45, 2.75) is 12.2 Å². The molecule has 0 aromatic carbocycles. The van der Waals surface area contributed by atoms with Crippen molar-refractivity contribution in [1.82, 2.24) is 4.98 Å². The van der Waals surface area contributed by atoms with Crippen LogP contribution in [0.15, 0.2) is 22.8 Å². The van der Waals surface area contributed by atoms with E-state index in [2.05, 4.69) is 4.98 Å². The molecular weight excluding hydrogens is 230 g/mol. The van der Waals surface area contributed by atoms with Gasteiger partial charge in [-0.15, -0.1) is 0 Å². The van der Waals surface area contributed by atoms with Gasteiger partial charge in [0, 0.05) is 5.56 Å². The van der Waals surface area contributed by atoms with Crippen LogP contribution in [0, 0.1) is 0 Å². The predicted octanol–water partition coefficient (Wildman–Crippen LogP) is 1.90. The molecule has 0 radical (unpaired) electrons. The molecule has 82 valence electrons. The molecule has 2 aromatic heterocycles. The second-order valence-corrected chi connectivity index (χ2v) is 4.04. The maximum Gasteiger partial charge on any atom is 0.227 e. The number of nitrogens with zero attached hydrogens (tertiary/aromatic N) is 1. The third kappa shape index (κ3) is 1.21. The molecular formula is C11H8ClNO3. The number of pyridine rings is 1. The number of aromatic nitrogens is 1. The predicted molar refractivity (Wildman–Crippen MR) is 59.0 cm³/mol. The molecule has 0 saturated carbocycles. The summed E-state index contributed by atoms with van der Waals surface area (Å²) in [4.78, 5) is 4.16. The zero-order valence-corrected chi connectivity index (χ0v) is 8.85. The van der Waals surface area contributed by atoms with Gasteiger partial charge in [-0.1, -0.05) is 23.8 Å². The van der Waals surface area contributed by atoms with Crippen LogP contribution in [0.25, 0.3) is 17.2 Å². The maximum atomic E-state index is 9.79. The third-order valence-corrected chi connectivity index (χ3v) is 3.09. The molecule has 0 fully saturated rings. The first-order chi connectivity index (χ1) is 7.68. The standard InChI is InChI=1S/C11H8ClNO3/c12-8-5-1-2-7(14)10(15)9(5)13-11-6(8)3-4-16-11/h1-4,7,10,14-15H/t7-,10-/m0/s1. The highest BCUT2D eigenvalue weighted by Gasteiger charge is 2.27. The molecule has 5 heteroatoms. The van der Waals surface area contributed by atoms with E-state index in [-0.39, 0.29) is 0 Å². The number of hydrogen-bond donors (Lipinski definition) is 2. The molecule has 0 saturated heterocycles. The summed E-state index contributed by atoms with van der Waals surface area (Å²) in [5.41, 5.74) is 1.35. The number of hydrogen-bond acceptors (Lipinski definition) is 4. The summed E-state index contributed by atoms with van der Waals surface area (Å²) >= 11 is 6.17. The Labute approximate surface area is 95.8 Å². The number of rotatable bonds is 0. The molecule has 0 spiro atoms. The molecule has 16 heavy (non-hydrogen) atoms. The minimum atomic E-state index is -1.06. The Bertz CT molecular complexity index is 590. The first-order valence-electron chi connectivity index (χ1n) is 4.79. The molecule has 2 aromatic rings. The van der Waals surface area contributed by atoms with Gasteiger partial charge in [0.1, 0.15) is 12.2 Å². The lowest BCUT2D eigenvalue weighted by atomic mass is 9.97. The van der Waals surface area contributed by atoms with Crippen LogP contribution in [0.4, 0.5) is 0 Å². The van der Waals surface area contributed by atoms with Gasteiger partial charge in [0.25, 0.3) is 0 Å². The number of fused-ring (bicyclic) bond motifs is 2. The lowest BCUT2D eigenvalue weighted by Gasteiger charge is -2.21. The Balaban J connectivity index is 2.36. The fraction of sp³-hybridized carbons (Fsp3) is 0.182. The van der Waals surface area contributed by atoms with Gasteiger partial charge < -0.3 is 14.6 Å².